The van der Waals surface area contributed by atoms with Crippen molar-refractivity contribution >= 4 is 11.4 Å². The second-order valence-electron chi connectivity index (χ2n) is 13.3. The van der Waals surface area contributed by atoms with Gasteiger partial charge >= 0.3 is 0 Å². The van der Waals surface area contributed by atoms with Crippen molar-refractivity contribution < 1.29 is 0 Å². The van der Waals surface area contributed by atoms with Crippen LogP contribution in [0.5, 0.6) is 0 Å². The SMILES string of the molecule is CN(C)c1cc(-n2ccc(C(C)(C)C)n2)nc(C(C)(C)c2cc(N(C)C)cc(-n3ccc(C(C)(C)C)n3)n2)c1. The molecule has 0 amide bonds. The van der Waals surface area contributed by atoms with Gasteiger partial charge in [0.2, 0.25) is 0 Å². The molecular weight excluding hydrogens is 484 g/mol. The van der Waals surface area contributed by atoms with Crippen LogP contribution in [0.15, 0.2) is 48.8 Å². The molecule has 0 atom stereocenters. The van der Waals surface area contributed by atoms with Gasteiger partial charge in [0.05, 0.1) is 22.8 Å². The molecule has 0 unspecified atom stereocenters. The first-order valence-electron chi connectivity index (χ1n) is 13.5. The molecule has 0 bridgehead atoms. The second kappa shape index (κ2) is 9.81. The van der Waals surface area contributed by atoms with Crippen LogP contribution in [-0.2, 0) is 16.2 Å². The van der Waals surface area contributed by atoms with Crippen molar-refractivity contribution in [3.8, 4) is 11.6 Å². The molecule has 0 aromatic carbocycles. The number of hydrogen-bond donors (Lipinski definition) is 0. The maximum atomic E-state index is 5.14. The van der Waals surface area contributed by atoms with Crippen molar-refractivity contribution in [2.75, 3.05) is 38.0 Å². The molecule has 0 spiro atoms. The normalized spacial score (nSPS) is 12.6. The van der Waals surface area contributed by atoms with Gasteiger partial charge < -0.3 is 9.80 Å². The number of rotatable bonds is 6. The predicted octanol–water partition coefficient (Wildman–Crippen LogP) is 5.90. The minimum atomic E-state index is -0.498. The lowest BCUT2D eigenvalue weighted by Crippen LogP contribution is -2.25. The molecule has 0 aliphatic heterocycles. The number of aromatic nitrogens is 6. The lowest BCUT2D eigenvalue weighted by atomic mass is 9.84. The molecule has 8 heteroatoms. The van der Waals surface area contributed by atoms with Crippen LogP contribution in [0, 0.1) is 0 Å². The van der Waals surface area contributed by atoms with Crippen LogP contribution in [0.3, 0.4) is 0 Å². The van der Waals surface area contributed by atoms with Gasteiger partial charge in [0.15, 0.2) is 11.6 Å². The summed E-state index contributed by atoms with van der Waals surface area (Å²) in [6.45, 7) is 17.4. The fourth-order valence-corrected chi connectivity index (χ4v) is 4.23. The lowest BCUT2D eigenvalue weighted by Gasteiger charge is -2.28. The molecule has 4 heterocycles. The first kappa shape index (κ1) is 28.3. The van der Waals surface area contributed by atoms with Crippen LogP contribution < -0.4 is 9.80 Å². The van der Waals surface area contributed by atoms with Gasteiger partial charge in [-0.1, -0.05) is 41.5 Å². The highest BCUT2D eigenvalue weighted by molar-refractivity contribution is 5.56. The molecule has 4 aromatic rings. The Hall–Kier alpha value is -3.68. The van der Waals surface area contributed by atoms with Gasteiger partial charge in [-0.2, -0.15) is 10.2 Å². The van der Waals surface area contributed by atoms with E-state index < -0.39 is 5.41 Å². The Kier molecular flexibility index (Phi) is 7.13. The summed E-state index contributed by atoms with van der Waals surface area (Å²) in [5, 5.41) is 9.73. The quantitative estimate of drug-likeness (QED) is 0.310. The Labute approximate surface area is 233 Å². The standard InChI is InChI=1S/C31H44N8/c1-29(2,3)23-13-15-38(34-23)27-19-21(36(9)10)17-25(32-27)31(7,8)26-18-22(37(11)12)20-28(33-26)39-16-14-24(35-39)30(4,5)6/h13-20H,1-12H3. The molecule has 0 N–H and O–H groups in total. The average molecular weight is 529 g/mol. The van der Waals surface area contributed by atoms with Crippen LogP contribution in [0.1, 0.15) is 78.2 Å². The van der Waals surface area contributed by atoms with E-state index in [4.69, 9.17) is 20.2 Å². The minimum Gasteiger partial charge on any atom is -0.377 e. The predicted molar refractivity (Wildman–Crippen MR) is 161 cm³/mol. The highest BCUT2D eigenvalue weighted by atomic mass is 15.3. The molecule has 0 fully saturated rings. The zero-order chi connectivity index (χ0) is 28.9. The fourth-order valence-electron chi connectivity index (χ4n) is 4.23. The maximum absolute atomic E-state index is 5.14. The van der Waals surface area contributed by atoms with E-state index in [0.717, 1.165) is 45.8 Å². The third-order valence-electron chi connectivity index (χ3n) is 7.09. The average Bonchev–Trinajstić information content (AvgIpc) is 3.54. The van der Waals surface area contributed by atoms with Gasteiger partial charge in [0, 0.05) is 80.3 Å². The van der Waals surface area contributed by atoms with Crippen molar-refractivity contribution in [3.63, 3.8) is 0 Å². The van der Waals surface area contributed by atoms with Gasteiger partial charge in [0.1, 0.15) is 0 Å². The first-order chi connectivity index (χ1) is 18.0. The summed E-state index contributed by atoms with van der Waals surface area (Å²) in [5.74, 6) is 1.57. The third-order valence-corrected chi connectivity index (χ3v) is 7.09. The minimum absolute atomic E-state index is 0.0429. The molecule has 8 nitrogen and oxygen atoms in total. The second-order valence-corrected chi connectivity index (χ2v) is 13.3. The van der Waals surface area contributed by atoms with E-state index in [9.17, 15) is 0 Å². The third kappa shape index (κ3) is 5.84. The summed E-state index contributed by atoms with van der Waals surface area (Å²) >= 11 is 0. The molecular formula is C31H44N8. The summed E-state index contributed by atoms with van der Waals surface area (Å²) in [4.78, 5) is 14.5. The van der Waals surface area contributed by atoms with E-state index in [0.29, 0.717) is 0 Å². The molecule has 0 radical (unpaired) electrons. The van der Waals surface area contributed by atoms with E-state index in [1.54, 1.807) is 0 Å². The summed E-state index contributed by atoms with van der Waals surface area (Å²) in [6.07, 6.45) is 3.99. The molecule has 0 aliphatic rings. The van der Waals surface area contributed by atoms with Crippen molar-refractivity contribution in [3.05, 3.63) is 71.6 Å². The number of anilines is 2. The highest BCUT2D eigenvalue weighted by Gasteiger charge is 2.30. The van der Waals surface area contributed by atoms with Crippen molar-refractivity contribution in [2.24, 2.45) is 0 Å². The highest BCUT2D eigenvalue weighted by Crippen LogP contribution is 2.35. The van der Waals surface area contributed by atoms with Gasteiger partial charge in [-0.25, -0.2) is 19.3 Å². The van der Waals surface area contributed by atoms with Crippen molar-refractivity contribution in [1.29, 1.82) is 0 Å². The van der Waals surface area contributed by atoms with Crippen LogP contribution in [0.4, 0.5) is 11.4 Å². The van der Waals surface area contributed by atoms with Crippen LogP contribution >= 0.6 is 0 Å². The van der Waals surface area contributed by atoms with E-state index in [1.165, 1.54) is 0 Å². The van der Waals surface area contributed by atoms with Crippen LogP contribution in [0.25, 0.3) is 11.6 Å². The van der Waals surface area contributed by atoms with E-state index >= 15 is 0 Å². The zero-order valence-electron chi connectivity index (χ0n) is 25.7. The molecule has 0 saturated heterocycles. The fraction of sp³-hybridized carbons (Fsp3) is 0.484. The van der Waals surface area contributed by atoms with Gasteiger partial charge in [0.25, 0.3) is 0 Å². The van der Waals surface area contributed by atoms with Gasteiger partial charge in [-0.3, -0.25) is 0 Å². The number of hydrogen-bond acceptors (Lipinski definition) is 6. The van der Waals surface area contributed by atoms with E-state index in [2.05, 4.69) is 102 Å². The molecule has 208 valence electrons. The van der Waals surface area contributed by atoms with Crippen LogP contribution in [-0.4, -0.2) is 57.7 Å². The lowest BCUT2D eigenvalue weighted by molar-refractivity contribution is 0.555. The Morgan fingerprint density at radius 3 is 1.18 bits per heavy atom. The number of nitrogens with zero attached hydrogens (tertiary/aromatic N) is 8. The van der Waals surface area contributed by atoms with Crippen molar-refractivity contribution in [2.45, 2.75) is 71.6 Å². The Bertz CT molecular complexity index is 1350. The monoisotopic (exact) mass is 528 g/mol. The summed E-state index contributed by atoms with van der Waals surface area (Å²) < 4.78 is 3.75. The van der Waals surface area contributed by atoms with Gasteiger partial charge in [-0.15, -0.1) is 0 Å². The van der Waals surface area contributed by atoms with Crippen molar-refractivity contribution in [1.82, 2.24) is 29.5 Å². The van der Waals surface area contributed by atoms with Gasteiger partial charge in [-0.05, 0) is 38.1 Å². The molecule has 0 aliphatic carbocycles. The van der Waals surface area contributed by atoms with Crippen LogP contribution in [0.2, 0.25) is 0 Å². The largest absolute Gasteiger partial charge is 0.377 e. The molecule has 4 aromatic heterocycles. The molecule has 4 rings (SSSR count). The summed E-state index contributed by atoms with van der Waals surface area (Å²) in [7, 11) is 8.19. The molecule has 39 heavy (non-hydrogen) atoms. The number of pyridine rings is 2. The first-order valence-corrected chi connectivity index (χ1v) is 13.5. The zero-order valence-corrected chi connectivity index (χ0v) is 25.7. The Balaban J connectivity index is 1.86. The summed E-state index contributed by atoms with van der Waals surface area (Å²) in [5.41, 5.74) is 5.42. The Morgan fingerprint density at radius 2 is 0.897 bits per heavy atom. The summed E-state index contributed by atoms with van der Waals surface area (Å²) in [6, 6.07) is 12.6. The Morgan fingerprint density at radius 1 is 0.538 bits per heavy atom. The molecule has 0 saturated carbocycles. The smallest absolute Gasteiger partial charge is 0.155 e. The topological polar surface area (TPSA) is 67.9 Å². The van der Waals surface area contributed by atoms with E-state index in [1.807, 2.05) is 49.9 Å². The maximum Gasteiger partial charge on any atom is 0.155 e. The van der Waals surface area contributed by atoms with E-state index in [-0.39, 0.29) is 10.8 Å².